The molecular weight excluding hydrogens is 592 g/mol. The lowest BCUT2D eigenvalue weighted by Gasteiger charge is -2.34. The van der Waals surface area contributed by atoms with Gasteiger partial charge in [-0.2, -0.15) is 0 Å². The van der Waals surface area contributed by atoms with Crippen LogP contribution in [0.4, 0.5) is 4.79 Å². The van der Waals surface area contributed by atoms with Crippen LogP contribution in [0, 0.1) is 6.92 Å². The number of benzene rings is 1. The van der Waals surface area contributed by atoms with Gasteiger partial charge in [-0.25, -0.2) is 9.78 Å². The summed E-state index contributed by atoms with van der Waals surface area (Å²) in [6, 6.07) is 6.80. The standard InChI is InChI=1S/C33H44N6O7/c1-4-5-17-45-33(44)38-15-13-37(14-16-38)29(40)20-34-31(42)26-19-28(24-11-8-22(2)18-25(24)35-26)46-21-30(41)39-12-6-7-27(39)32(43)36(3)23-9-10-23/h8,11,18-19,23,27H,4-7,9-10,12-17,20-21H2,1-3H3,(H,34,42)/t27-/m0/s1. The minimum absolute atomic E-state index is 0.0292. The van der Waals surface area contributed by atoms with Crippen molar-refractivity contribution in [2.24, 2.45) is 0 Å². The maximum absolute atomic E-state index is 13.3. The van der Waals surface area contributed by atoms with Gasteiger partial charge in [-0.1, -0.05) is 19.4 Å². The van der Waals surface area contributed by atoms with Gasteiger partial charge in [0.1, 0.15) is 17.5 Å². The van der Waals surface area contributed by atoms with Crippen molar-refractivity contribution in [1.82, 2.24) is 29.9 Å². The van der Waals surface area contributed by atoms with Gasteiger partial charge in [-0.15, -0.1) is 0 Å². The average molecular weight is 637 g/mol. The van der Waals surface area contributed by atoms with Gasteiger partial charge in [0.05, 0.1) is 18.7 Å². The highest BCUT2D eigenvalue weighted by Gasteiger charge is 2.39. The first-order valence-corrected chi connectivity index (χ1v) is 16.2. The number of nitrogens with zero attached hydrogens (tertiary/aromatic N) is 5. The minimum Gasteiger partial charge on any atom is -0.483 e. The minimum atomic E-state index is -0.556. The summed E-state index contributed by atoms with van der Waals surface area (Å²) in [6.45, 7) is 5.69. The van der Waals surface area contributed by atoms with Crippen molar-refractivity contribution in [3.8, 4) is 5.75 Å². The number of aromatic nitrogens is 1. The number of aryl methyl sites for hydroxylation is 1. The molecule has 0 spiro atoms. The molecule has 46 heavy (non-hydrogen) atoms. The molecule has 2 aromatic rings. The summed E-state index contributed by atoms with van der Waals surface area (Å²) in [4.78, 5) is 75.6. The van der Waals surface area contributed by atoms with Crippen molar-refractivity contribution in [3.63, 3.8) is 0 Å². The molecule has 0 bridgehead atoms. The van der Waals surface area contributed by atoms with Crippen molar-refractivity contribution >= 4 is 40.6 Å². The van der Waals surface area contributed by atoms with E-state index < -0.39 is 11.9 Å². The van der Waals surface area contributed by atoms with Crippen molar-refractivity contribution in [2.45, 2.75) is 64.5 Å². The Labute approximate surface area is 269 Å². The van der Waals surface area contributed by atoms with Crippen molar-refractivity contribution in [2.75, 3.05) is 59.5 Å². The number of likely N-dealkylation sites (N-methyl/N-ethyl adjacent to an activating group) is 1. The van der Waals surface area contributed by atoms with Crippen LogP contribution in [0.15, 0.2) is 24.3 Å². The van der Waals surface area contributed by atoms with E-state index >= 15 is 0 Å². The Kier molecular flexibility index (Phi) is 10.6. The highest BCUT2D eigenvalue weighted by atomic mass is 16.6. The van der Waals surface area contributed by atoms with E-state index in [1.807, 2.05) is 32.0 Å². The maximum Gasteiger partial charge on any atom is 0.409 e. The second-order valence-corrected chi connectivity index (χ2v) is 12.3. The molecule has 5 rings (SSSR count). The Morgan fingerprint density at radius 2 is 1.72 bits per heavy atom. The molecule has 5 amide bonds. The van der Waals surface area contributed by atoms with E-state index in [4.69, 9.17) is 9.47 Å². The zero-order chi connectivity index (χ0) is 32.8. The number of hydrogen-bond acceptors (Lipinski definition) is 8. The molecular formula is C33H44N6O7. The highest BCUT2D eigenvalue weighted by molar-refractivity contribution is 5.99. The quantitative estimate of drug-likeness (QED) is 0.371. The topological polar surface area (TPSA) is 142 Å². The van der Waals surface area contributed by atoms with Gasteiger partial charge in [0.25, 0.3) is 11.8 Å². The number of hydrogen-bond donors (Lipinski definition) is 1. The molecule has 13 nitrogen and oxygen atoms in total. The normalized spacial score (nSPS) is 18.0. The summed E-state index contributed by atoms with van der Waals surface area (Å²) in [5.41, 5.74) is 1.50. The third-order valence-electron chi connectivity index (χ3n) is 8.83. The first-order chi connectivity index (χ1) is 22.2. The number of fused-ring (bicyclic) bond motifs is 1. The highest BCUT2D eigenvalue weighted by Crippen LogP contribution is 2.30. The van der Waals surface area contributed by atoms with E-state index in [1.54, 1.807) is 26.6 Å². The number of nitrogens with one attached hydrogen (secondary N) is 1. The summed E-state index contributed by atoms with van der Waals surface area (Å²) in [7, 11) is 1.80. The molecule has 1 saturated carbocycles. The molecule has 0 radical (unpaired) electrons. The average Bonchev–Trinajstić information content (AvgIpc) is 3.80. The van der Waals surface area contributed by atoms with E-state index in [1.165, 1.54) is 6.07 Å². The lowest BCUT2D eigenvalue weighted by atomic mass is 10.1. The van der Waals surface area contributed by atoms with Gasteiger partial charge in [0.15, 0.2) is 6.61 Å². The molecule has 1 atom stereocenters. The monoisotopic (exact) mass is 636 g/mol. The third kappa shape index (κ3) is 7.86. The predicted octanol–water partition coefficient (Wildman–Crippen LogP) is 2.34. The van der Waals surface area contributed by atoms with E-state index in [0.717, 1.165) is 37.7 Å². The van der Waals surface area contributed by atoms with Gasteiger partial charge in [-0.05, 0) is 56.7 Å². The second-order valence-electron chi connectivity index (χ2n) is 12.3. The Morgan fingerprint density at radius 1 is 0.978 bits per heavy atom. The lowest BCUT2D eigenvalue weighted by Crippen LogP contribution is -2.52. The fourth-order valence-electron chi connectivity index (χ4n) is 5.86. The third-order valence-corrected chi connectivity index (χ3v) is 8.83. The zero-order valence-corrected chi connectivity index (χ0v) is 27.0. The van der Waals surface area contributed by atoms with Crippen LogP contribution in [0.3, 0.4) is 0 Å². The molecule has 3 aliphatic rings. The van der Waals surface area contributed by atoms with E-state index in [-0.39, 0.29) is 48.7 Å². The molecule has 248 valence electrons. The van der Waals surface area contributed by atoms with Crippen LogP contribution in [0.25, 0.3) is 10.9 Å². The SMILES string of the molecule is CCCCOC(=O)N1CCN(C(=O)CNC(=O)c2cc(OCC(=O)N3CCC[C@H]3C(=O)N(C)C3CC3)c3ccc(C)cc3n2)CC1. The summed E-state index contributed by atoms with van der Waals surface area (Å²) >= 11 is 0. The summed E-state index contributed by atoms with van der Waals surface area (Å²) in [5.74, 6) is -0.831. The van der Waals surface area contributed by atoms with Crippen LogP contribution in [-0.4, -0.2) is 126 Å². The number of amides is 5. The number of carbonyl (C=O) groups excluding carboxylic acids is 5. The van der Waals surface area contributed by atoms with Crippen LogP contribution < -0.4 is 10.1 Å². The number of rotatable bonds is 11. The van der Waals surface area contributed by atoms with Crippen LogP contribution in [0.1, 0.15) is 61.5 Å². The first-order valence-electron chi connectivity index (χ1n) is 16.2. The van der Waals surface area contributed by atoms with Crippen molar-refractivity contribution < 1.29 is 33.4 Å². The Balaban J connectivity index is 1.19. The Hall–Kier alpha value is -4.42. The molecule has 2 saturated heterocycles. The van der Waals surface area contributed by atoms with Gasteiger partial charge >= 0.3 is 6.09 Å². The van der Waals surface area contributed by atoms with Gasteiger partial charge in [-0.3, -0.25) is 19.2 Å². The van der Waals surface area contributed by atoms with Crippen LogP contribution >= 0.6 is 0 Å². The van der Waals surface area contributed by atoms with Crippen LogP contribution in [0.2, 0.25) is 0 Å². The fraction of sp³-hybridized carbons (Fsp3) is 0.576. The number of piperazine rings is 1. The number of unbranched alkanes of at least 4 members (excludes halogenated alkanes) is 1. The summed E-state index contributed by atoms with van der Waals surface area (Å²) in [5, 5.41) is 3.29. The lowest BCUT2D eigenvalue weighted by molar-refractivity contribution is -0.144. The molecule has 2 aliphatic heterocycles. The number of ether oxygens (including phenoxy) is 2. The van der Waals surface area contributed by atoms with Crippen LogP contribution in [-0.2, 0) is 19.1 Å². The second kappa shape index (κ2) is 14.8. The predicted molar refractivity (Wildman–Crippen MR) is 169 cm³/mol. The molecule has 3 fully saturated rings. The molecule has 1 N–H and O–H groups in total. The van der Waals surface area contributed by atoms with Gasteiger partial charge in [0, 0.05) is 57.3 Å². The first kappa shape index (κ1) is 33.0. The molecule has 13 heteroatoms. The fourth-order valence-corrected chi connectivity index (χ4v) is 5.86. The molecule has 1 aliphatic carbocycles. The van der Waals surface area contributed by atoms with E-state index in [0.29, 0.717) is 62.4 Å². The molecule has 1 aromatic carbocycles. The number of carbonyl (C=O) groups is 5. The van der Waals surface area contributed by atoms with Crippen LogP contribution in [0.5, 0.6) is 5.75 Å². The number of pyridine rings is 1. The summed E-state index contributed by atoms with van der Waals surface area (Å²) < 4.78 is 11.3. The molecule has 0 unspecified atom stereocenters. The van der Waals surface area contributed by atoms with E-state index in [2.05, 4.69) is 10.3 Å². The van der Waals surface area contributed by atoms with Crippen molar-refractivity contribution in [1.29, 1.82) is 0 Å². The van der Waals surface area contributed by atoms with Gasteiger partial charge < -0.3 is 34.4 Å². The Bertz CT molecular complexity index is 1470. The Morgan fingerprint density at radius 3 is 2.43 bits per heavy atom. The maximum atomic E-state index is 13.3. The van der Waals surface area contributed by atoms with E-state index in [9.17, 15) is 24.0 Å². The zero-order valence-electron chi connectivity index (χ0n) is 27.0. The smallest absolute Gasteiger partial charge is 0.409 e. The van der Waals surface area contributed by atoms with Gasteiger partial charge in [0.2, 0.25) is 11.8 Å². The number of likely N-dealkylation sites (tertiary alicyclic amines) is 1. The summed E-state index contributed by atoms with van der Waals surface area (Å²) in [6.07, 6.45) is 4.75. The molecule has 1 aromatic heterocycles. The molecule has 3 heterocycles. The largest absolute Gasteiger partial charge is 0.483 e. The van der Waals surface area contributed by atoms with Crippen molar-refractivity contribution in [3.05, 3.63) is 35.5 Å².